The fourth-order valence-electron chi connectivity index (χ4n) is 2.19. The van der Waals surface area contributed by atoms with Gasteiger partial charge in [-0.15, -0.1) is 0 Å². The maximum Gasteiger partial charge on any atom is 0.272 e. The molecule has 0 fully saturated rings. The average molecular weight is 353 g/mol. The molecule has 0 atom stereocenters. The highest BCUT2D eigenvalue weighted by molar-refractivity contribution is 6.35. The van der Waals surface area contributed by atoms with E-state index in [2.05, 4.69) is 15.3 Å². The Morgan fingerprint density at radius 3 is 2.26 bits per heavy atom. The third-order valence-electron chi connectivity index (χ3n) is 3.24. The van der Waals surface area contributed by atoms with E-state index in [1.807, 2.05) is 13.8 Å². The van der Waals surface area contributed by atoms with Crippen molar-refractivity contribution in [3.8, 4) is 0 Å². The Bertz CT molecular complexity index is 697. The number of nitrogens with zero attached hydrogens (tertiary/aromatic N) is 3. The monoisotopic (exact) mass is 352 g/mol. The second kappa shape index (κ2) is 7.62. The van der Waals surface area contributed by atoms with E-state index < -0.39 is 0 Å². The van der Waals surface area contributed by atoms with Gasteiger partial charge in [-0.1, -0.05) is 23.2 Å². The summed E-state index contributed by atoms with van der Waals surface area (Å²) < 4.78 is 0. The van der Waals surface area contributed by atoms with Gasteiger partial charge in [-0.3, -0.25) is 4.79 Å². The quantitative estimate of drug-likeness (QED) is 0.870. The molecule has 0 spiro atoms. The van der Waals surface area contributed by atoms with Crippen molar-refractivity contribution in [2.45, 2.75) is 20.8 Å². The van der Waals surface area contributed by atoms with Crippen LogP contribution in [0.4, 0.5) is 11.5 Å². The Morgan fingerprint density at radius 2 is 1.70 bits per heavy atom. The predicted octanol–water partition coefficient (Wildman–Crippen LogP) is 4.32. The number of rotatable bonds is 5. The molecular weight excluding hydrogens is 335 g/mol. The summed E-state index contributed by atoms with van der Waals surface area (Å²) in [5, 5.41) is 4.14. The lowest BCUT2D eigenvalue weighted by molar-refractivity contribution is 0.0766. The molecule has 0 saturated heterocycles. The minimum atomic E-state index is -0.118. The lowest BCUT2D eigenvalue weighted by Gasteiger charge is -2.18. The van der Waals surface area contributed by atoms with E-state index in [0.717, 1.165) is 0 Å². The molecule has 0 bridgehead atoms. The van der Waals surface area contributed by atoms with Crippen molar-refractivity contribution in [2.75, 3.05) is 18.4 Å². The summed E-state index contributed by atoms with van der Waals surface area (Å²) in [6.07, 6.45) is 0. The second-order valence-corrected chi connectivity index (χ2v) is 5.82. The van der Waals surface area contributed by atoms with Crippen LogP contribution in [-0.4, -0.2) is 33.9 Å². The summed E-state index contributed by atoms with van der Waals surface area (Å²) in [6, 6.07) is 6.74. The smallest absolute Gasteiger partial charge is 0.272 e. The number of halogens is 2. The predicted molar refractivity (Wildman–Crippen MR) is 93.8 cm³/mol. The molecule has 23 heavy (non-hydrogen) atoms. The second-order valence-electron chi connectivity index (χ2n) is 4.95. The molecule has 2 rings (SSSR count). The van der Waals surface area contributed by atoms with Crippen LogP contribution in [0.3, 0.4) is 0 Å². The molecule has 0 aliphatic rings. The summed E-state index contributed by atoms with van der Waals surface area (Å²) in [4.78, 5) is 22.7. The van der Waals surface area contributed by atoms with E-state index >= 15 is 0 Å². The molecule has 1 amide bonds. The largest absolute Gasteiger partial charge is 0.340 e. The minimum Gasteiger partial charge on any atom is -0.340 e. The molecule has 0 aliphatic heterocycles. The highest BCUT2D eigenvalue weighted by Crippen LogP contribution is 2.25. The van der Waals surface area contributed by atoms with Crippen molar-refractivity contribution in [2.24, 2.45) is 0 Å². The van der Waals surface area contributed by atoms with Crippen LogP contribution in [-0.2, 0) is 0 Å². The first-order chi connectivity index (χ1) is 10.9. The van der Waals surface area contributed by atoms with Gasteiger partial charge in [0, 0.05) is 34.9 Å². The number of benzene rings is 1. The molecule has 0 aliphatic carbocycles. The van der Waals surface area contributed by atoms with Gasteiger partial charge in [-0.2, -0.15) is 0 Å². The molecule has 0 unspecified atom stereocenters. The maximum absolute atomic E-state index is 12.4. The van der Waals surface area contributed by atoms with E-state index in [0.29, 0.717) is 46.2 Å². The van der Waals surface area contributed by atoms with E-state index in [9.17, 15) is 4.79 Å². The number of aryl methyl sites for hydroxylation is 1. The fourth-order valence-corrected chi connectivity index (χ4v) is 2.71. The highest BCUT2D eigenvalue weighted by atomic mass is 35.5. The van der Waals surface area contributed by atoms with Crippen LogP contribution < -0.4 is 5.32 Å². The molecule has 1 aromatic carbocycles. The van der Waals surface area contributed by atoms with Gasteiger partial charge < -0.3 is 10.2 Å². The van der Waals surface area contributed by atoms with Gasteiger partial charge in [-0.05, 0) is 39.0 Å². The normalized spacial score (nSPS) is 10.5. The Morgan fingerprint density at radius 1 is 1.09 bits per heavy atom. The van der Waals surface area contributed by atoms with Crippen LogP contribution >= 0.6 is 23.2 Å². The van der Waals surface area contributed by atoms with Crippen LogP contribution in [0, 0.1) is 6.92 Å². The highest BCUT2D eigenvalue weighted by Gasteiger charge is 2.16. The van der Waals surface area contributed by atoms with Crippen LogP contribution in [0.2, 0.25) is 10.0 Å². The number of hydrogen-bond acceptors (Lipinski definition) is 4. The van der Waals surface area contributed by atoms with Crippen molar-refractivity contribution >= 4 is 40.6 Å². The number of amides is 1. The van der Waals surface area contributed by atoms with Crippen molar-refractivity contribution in [1.82, 2.24) is 14.9 Å². The molecule has 1 heterocycles. The molecule has 122 valence electrons. The summed E-state index contributed by atoms with van der Waals surface area (Å²) in [5.74, 6) is 0.914. The first-order valence-corrected chi connectivity index (χ1v) is 8.06. The lowest BCUT2D eigenvalue weighted by Crippen LogP contribution is -2.31. The van der Waals surface area contributed by atoms with Crippen LogP contribution in [0.1, 0.15) is 30.2 Å². The molecule has 5 nitrogen and oxygen atoms in total. The number of aromatic nitrogens is 2. The Balaban J connectivity index is 2.31. The van der Waals surface area contributed by atoms with Crippen LogP contribution in [0.5, 0.6) is 0 Å². The van der Waals surface area contributed by atoms with E-state index in [-0.39, 0.29) is 5.91 Å². The average Bonchev–Trinajstić information content (AvgIpc) is 2.46. The molecular formula is C16H18Cl2N4O. The summed E-state index contributed by atoms with van der Waals surface area (Å²) in [7, 11) is 0. The van der Waals surface area contributed by atoms with E-state index in [1.54, 1.807) is 36.1 Å². The Kier molecular flexibility index (Phi) is 5.80. The maximum atomic E-state index is 12.4. The summed E-state index contributed by atoms with van der Waals surface area (Å²) >= 11 is 12.0. The van der Waals surface area contributed by atoms with Gasteiger partial charge in [0.05, 0.1) is 0 Å². The van der Waals surface area contributed by atoms with Gasteiger partial charge in [-0.25, -0.2) is 9.97 Å². The third kappa shape index (κ3) is 4.56. The Hall–Kier alpha value is -1.85. The fraction of sp³-hybridized carbons (Fsp3) is 0.312. The van der Waals surface area contributed by atoms with Gasteiger partial charge in [0.2, 0.25) is 0 Å². The number of anilines is 2. The van der Waals surface area contributed by atoms with Gasteiger partial charge in [0.25, 0.3) is 5.91 Å². The minimum absolute atomic E-state index is 0.118. The zero-order chi connectivity index (χ0) is 17.0. The molecule has 2 aromatic rings. The van der Waals surface area contributed by atoms with Crippen molar-refractivity contribution in [1.29, 1.82) is 0 Å². The van der Waals surface area contributed by atoms with Crippen molar-refractivity contribution < 1.29 is 4.79 Å². The number of carbonyl (C=O) groups excluding carboxylic acids is 1. The third-order valence-corrected chi connectivity index (χ3v) is 3.68. The first-order valence-electron chi connectivity index (χ1n) is 7.31. The van der Waals surface area contributed by atoms with Gasteiger partial charge >= 0.3 is 0 Å². The Labute approximate surface area is 145 Å². The standard InChI is InChI=1S/C16H18Cl2N4O/c1-4-22(5-2)16(23)14-9-15(20-10(3)19-14)21-13-7-11(17)6-12(18)8-13/h6-9H,4-5H2,1-3H3,(H,19,20,21). The summed E-state index contributed by atoms with van der Waals surface area (Å²) in [6.45, 7) is 6.87. The topological polar surface area (TPSA) is 58.1 Å². The number of nitrogens with one attached hydrogen (secondary N) is 1. The SMILES string of the molecule is CCN(CC)C(=O)c1cc(Nc2cc(Cl)cc(Cl)c2)nc(C)n1. The van der Waals surface area contributed by atoms with Gasteiger partial charge in [0.1, 0.15) is 17.3 Å². The zero-order valence-corrected chi connectivity index (χ0v) is 14.7. The lowest BCUT2D eigenvalue weighted by atomic mass is 10.3. The zero-order valence-electron chi connectivity index (χ0n) is 13.2. The van der Waals surface area contributed by atoms with Crippen molar-refractivity contribution in [3.63, 3.8) is 0 Å². The summed E-state index contributed by atoms with van der Waals surface area (Å²) in [5.41, 5.74) is 1.05. The van der Waals surface area contributed by atoms with Gasteiger partial charge in [0.15, 0.2) is 0 Å². The van der Waals surface area contributed by atoms with Crippen LogP contribution in [0.25, 0.3) is 0 Å². The molecule has 1 aromatic heterocycles. The van der Waals surface area contributed by atoms with Crippen molar-refractivity contribution in [3.05, 3.63) is 45.8 Å². The molecule has 1 N–H and O–H groups in total. The van der Waals surface area contributed by atoms with Crippen LogP contribution in [0.15, 0.2) is 24.3 Å². The van der Waals surface area contributed by atoms with E-state index in [1.165, 1.54) is 0 Å². The molecule has 0 radical (unpaired) electrons. The molecule has 7 heteroatoms. The number of hydrogen-bond donors (Lipinski definition) is 1. The first kappa shape index (κ1) is 17.5. The molecule has 0 saturated carbocycles. The van der Waals surface area contributed by atoms with E-state index in [4.69, 9.17) is 23.2 Å². The number of carbonyl (C=O) groups is 1.